The van der Waals surface area contributed by atoms with Crippen LogP contribution in [0.25, 0.3) is 28.1 Å². The van der Waals surface area contributed by atoms with Gasteiger partial charge in [-0.3, -0.25) is 14.3 Å². The summed E-state index contributed by atoms with van der Waals surface area (Å²) in [6.07, 6.45) is 0. The lowest BCUT2D eigenvalue weighted by Gasteiger charge is -2.31. The number of hydrogen-bond acceptors (Lipinski definition) is 7. The van der Waals surface area contributed by atoms with Crippen LogP contribution in [0.3, 0.4) is 0 Å². The molecule has 43 heavy (non-hydrogen) atoms. The summed E-state index contributed by atoms with van der Waals surface area (Å²) in [6, 6.07) is 8.88. The number of ether oxygens (including phenoxy) is 3. The maximum absolute atomic E-state index is 13.8. The topological polar surface area (TPSA) is 101 Å². The zero-order valence-electron chi connectivity index (χ0n) is 25.3. The fraction of sp³-hybridized carbons (Fsp3) is 0.355. The highest BCUT2D eigenvalue weighted by atomic mass is 35.5. The fourth-order valence-electron chi connectivity index (χ4n) is 5.15. The molecule has 0 unspecified atom stereocenters. The Hall–Kier alpha value is -4.02. The van der Waals surface area contributed by atoms with Gasteiger partial charge in [-0.15, -0.1) is 0 Å². The molecule has 0 N–H and O–H groups in total. The van der Waals surface area contributed by atoms with Crippen molar-refractivity contribution in [3.05, 3.63) is 63.0 Å². The summed E-state index contributed by atoms with van der Waals surface area (Å²) in [5, 5.41) is 10.3. The smallest absolute Gasteiger partial charge is 0.327 e. The Balaban J connectivity index is 1.78. The van der Waals surface area contributed by atoms with Crippen molar-refractivity contribution in [2.45, 2.75) is 53.3 Å². The number of aryl methyl sites for hydroxylation is 1. The molecule has 12 heteroatoms. The number of halogens is 2. The molecule has 0 spiro atoms. The summed E-state index contributed by atoms with van der Waals surface area (Å²) in [5.41, 5.74) is 5.42. The van der Waals surface area contributed by atoms with E-state index in [0.717, 1.165) is 16.8 Å². The molecule has 10 nitrogen and oxygen atoms in total. The first-order valence-electron chi connectivity index (χ1n) is 13.6. The summed E-state index contributed by atoms with van der Waals surface area (Å²) in [4.78, 5) is 27.5. The van der Waals surface area contributed by atoms with Gasteiger partial charge in [-0.1, -0.05) is 23.2 Å². The largest absolute Gasteiger partial charge is 0.496 e. The number of rotatable bonds is 6. The molecule has 0 saturated heterocycles. The van der Waals surface area contributed by atoms with Crippen molar-refractivity contribution in [3.8, 4) is 39.6 Å². The highest BCUT2D eigenvalue weighted by Crippen LogP contribution is 2.47. The molecule has 5 rings (SSSR count). The minimum Gasteiger partial charge on any atom is -0.496 e. The van der Waals surface area contributed by atoms with Gasteiger partial charge in [0.1, 0.15) is 24.7 Å². The quantitative estimate of drug-likeness (QED) is 0.233. The Kier molecular flexibility index (Phi) is 7.96. The van der Waals surface area contributed by atoms with Crippen molar-refractivity contribution in [1.82, 2.24) is 24.5 Å². The van der Waals surface area contributed by atoms with E-state index in [2.05, 4.69) is 5.10 Å². The lowest BCUT2D eigenvalue weighted by molar-refractivity contribution is -0.141. The first kappa shape index (κ1) is 30.4. The minimum absolute atomic E-state index is 0.0290. The second-order valence-electron chi connectivity index (χ2n) is 11.4. The lowest BCUT2D eigenvalue weighted by atomic mass is 9.94. The number of nitrogens with zero attached hydrogens (tertiary/aromatic N) is 5. The van der Waals surface area contributed by atoms with E-state index in [1.807, 2.05) is 46.8 Å². The van der Waals surface area contributed by atoms with E-state index in [0.29, 0.717) is 49.7 Å². The van der Waals surface area contributed by atoms with E-state index in [-0.39, 0.29) is 24.8 Å². The molecule has 1 aliphatic heterocycles. The van der Waals surface area contributed by atoms with Gasteiger partial charge in [-0.2, -0.15) is 10.2 Å². The number of fused-ring (bicyclic) bond motifs is 3. The summed E-state index contributed by atoms with van der Waals surface area (Å²) in [7, 11) is 4.68. The molecule has 4 aromatic rings. The first-order valence-corrected chi connectivity index (χ1v) is 14.3. The molecule has 0 radical (unpaired) electrons. The van der Waals surface area contributed by atoms with Gasteiger partial charge in [-0.25, -0.2) is 4.68 Å². The molecule has 0 bridgehead atoms. The van der Waals surface area contributed by atoms with Crippen molar-refractivity contribution in [2.24, 2.45) is 0 Å². The molecule has 0 atom stereocenters. The standard InChI is InChI=1S/C31H33Cl2N5O5/c1-16-27(17(2)37(34-16)14-26(39)42-8)21-12-22-25(13-24(21)41-7)43-15-23-28(30(40)36(6)31(3,4)5)35-38(29(22)23)20-10-18(32)9-19(33)11-20/h9-13H,14-15H2,1-8H3. The van der Waals surface area contributed by atoms with E-state index >= 15 is 0 Å². The molecular formula is C31H33Cl2N5O5. The third-order valence-corrected chi connectivity index (χ3v) is 8.11. The zero-order valence-corrected chi connectivity index (χ0v) is 26.8. The highest BCUT2D eigenvalue weighted by molar-refractivity contribution is 6.34. The van der Waals surface area contributed by atoms with Crippen molar-refractivity contribution < 1.29 is 23.8 Å². The van der Waals surface area contributed by atoms with Crippen LogP contribution in [0.1, 0.15) is 48.2 Å². The number of benzene rings is 2. The SMILES string of the molecule is COC(=O)Cn1nc(C)c(-c2cc3c(cc2OC)OCc2c(C(=O)N(C)C(C)(C)C)nn(-c4cc(Cl)cc(Cl)c4)c2-3)c1C. The molecule has 0 aliphatic carbocycles. The van der Waals surface area contributed by atoms with Gasteiger partial charge in [0.15, 0.2) is 5.69 Å². The van der Waals surface area contributed by atoms with Crippen molar-refractivity contribution >= 4 is 35.1 Å². The molecule has 1 aliphatic rings. The average molecular weight is 627 g/mol. The van der Waals surface area contributed by atoms with E-state index in [1.54, 1.807) is 46.6 Å². The lowest BCUT2D eigenvalue weighted by Crippen LogP contribution is -2.43. The van der Waals surface area contributed by atoms with Gasteiger partial charge in [0.25, 0.3) is 5.91 Å². The number of esters is 1. The van der Waals surface area contributed by atoms with Crippen LogP contribution in [0.2, 0.25) is 10.0 Å². The number of methoxy groups -OCH3 is 2. The van der Waals surface area contributed by atoms with Crippen LogP contribution in [-0.2, 0) is 22.7 Å². The molecule has 0 saturated carbocycles. The van der Waals surface area contributed by atoms with Crippen molar-refractivity contribution in [2.75, 3.05) is 21.3 Å². The second kappa shape index (κ2) is 11.2. The van der Waals surface area contributed by atoms with Crippen molar-refractivity contribution in [3.63, 3.8) is 0 Å². The van der Waals surface area contributed by atoms with Crippen LogP contribution in [0.5, 0.6) is 11.5 Å². The Bertz CT molecular complexity index is 1750. The average Bonchev–Trinajstić information content (AvgIpc) is 3.47. The molecular weight excluding hydrogens is 593 g/mol. The Morgan fingerprint density at radius 1 is 1.02 bits per heavy atom. The summed E-state index contributed by atoms with van der Waals surface area (Å²) in [5.74, 6) is 0.468. The van der Waals surface area contributed by atoms with E-state index in [4.69, 9.17) is 42.5 Å². The number of carbonyl (C=O) groups is 2. The van der Waals surface area contributed by atoms with Crippen LogP contribution in [-0.4, -0.2) is 63.1 Å². The van der Waals surface area contributed by atoms with Crippen LogP contribution in [0, 0.1) is 13.8 Å². The van der Waals surface area contributed by atoms with Crippen LogP contribution >= 0.6 is 23.2 Å². The molecule has 2 aromatic heterocycles. The monoisotopic (exact) mass is 625 g/mol. The maximum Gasteiger partial charge on any atom is 0.327 e. The molecule has 1 amide bonds. The Labute approximate surface area is 260 Å². The predicted octanol–water partition coefficient (Wildman–Crippen LogP) is 6.27. The molecule has 2 aromatic carbocycles. The van der Waals surface area contributed by atoms with Gasteiger partial charge in [0.05, 0.1) is 31.3 Å². The van der Waals surface area contributed by atoms with Gasteiger partial charge in [-0.05, 0) is 58.9 Å². The number of aromatic nitrogens is 4. The third kappa shape index (κ3) is 5.45. The predicted molar refractivity (Wildman–Crippen MR) is 164 cm³/mol. The summed E-state index contributed by atoms with van der Waals surface area (Å²) in [6.45, 7) is 9.72. The first-order chi connectivity index (χ1) is 20.2. The van der Waals surface area contributed by atoms with E-state index in [1.165, 1.54) is 7.11 Å². The van der Waals surface area contributed by atoms with Gasteiger partial charge >= 0.3 is 5.97 Å². The van der Waals surface area contributed by atoms with Crippen LogP contribution in [0.4, 0.5) is 0 Å². The van der Waals surface area contributed by atoms with Crippen molar-refractivity contribution in [1.29, 1.82) is 0 Å². The zero-order chi connectivity index (χ0) is 31.4. The number of carbonyl (C=O) groups excluding carboxylic acids is 2. The molecule has 0 fully saturated rings. The normalized spacial score (nSPS) is 12.3. The van der Waals surface area contributed by atoms with Gasteiger partial charge in [0, 0.05) is 56.6 Å². The third-order valence-electron chi connectivity index (χ3n) is 7.68. The Morgan fingerprint density at radius 2 is 1.70 bits per heavy atom. The van der Waals surface area contributed by atoms with E-state index < -0.39 is 11.5 Å². The Morgan fingerprint density at radius 3 is 2.30 bits per heavy atom. The fourth-order valence-corrected chi connectivity index (χ4v) is 5.67. The van der Waals surface area contributed by atoms with Crippen LogP contribution in [0.15, 0.2) is 30.3 Å². The second-order valence-corrected chi connectivity index (χ2v) is 12.2. The van der Waals surface area contributed by atoms with Gasteiger partial charge in [0.2, 0.25) is 0 Å². The minimum atomic E-state index is -0.444. The molecule has 226 valence electrons. The van der Waals surface area contributed by atoms with E-state index in [9.17, 15) is 9.59 Å². The number of amides is 1. The number of hydrogen-bond donors (Lipinski definition) is 0. The summed E-state index contributed by atoms with van der Waals surface area (Å²) >= 11 is 12.8. The summed E-state index contributed by atoms with van der Waals surface area (Å²) < 4.78 is 20.2. The maximum atomic E-state index is 13.8. The van der Waals surface area contributed by atoms with Gasteiger partial charge < -0.3 is 19.1 Å². The highest BCUT2D eigenvalue weighted by Gasteiger charge is 2.35. The van der Waals surface area contributed by atoms with Crippen LogP contribution < -0.4 is 9.47 Å². The molecule has 3 heterocycles.